The van der Waals surface area contributed by atoms with Gasteiger partial charge in [0, 0.05) is 28.7 Å². The van der Waals surface area contributed by atoms with Gasteiger partial charge in [0.1, 0.15) is 41.0 Å². The van der Waals surface area contributed by atoms with Gasteiger partial charge in [0.25, 0.3) is 0 Å². The van der Waals surface area contributed by atoms with Gasteiger partial charge in [-0.15, -0.1) is 0 Å². The zero-order valence-corrected chi connectivity index (χ0v) is 27.0. The molecule has 4 unspecified atom stereocenters. The molecule has 2 heterocycles. The summed E-state index contributed by atoms with van der Waals surface area (Å²) in [4.78, 5) is 21.0. The molecule has 0 amide bonds. The highest BCUT2D eigenvalue weighted by Crippen LogP contribution is 2.57. The molecule has 8 rings (SSSR count). The van der Waals surface area contributed by atoms with E-state index < -0.39 is 0 Å². The zero-order valence-electron chi connectivity index (χ0n) is 27.0. The Balaban J connectivity index is 1.36. The summed E-state index contributed by atoms with van der Waals surface area (Å²) in [6.07, 6.45) is 8.49. The second kappa shape index (κ2) is 13.3. The van der Waals surface area contributed by atoms with Crippen molar-refractivity contribution in [3.05, 3.63) is 131 Å². The average Bonchev–Trinajstić information content (AvgIpc) is 3.53. The van der Waals surface area contributed by atoms with E-state index in [0.29, 0.717) is 17.0 Å². The van der Waals surface area contributed by atoms with E-state index in [1.165, 1.54) is 6.92 Å². The summed E-state index contributed by atoms with van der Waals surface area (Å²) in [6.45, 7) is 1.52. The molecule has 238 valence electrons. The predicted molar refractivity (Wildman–Crippen MR) is 190 cm³/mol. The monoisotopic (exact) mass is 648 g/mol. The van der Waals surface area contributed by atoms with Crippen LogP contribution < -0.4 is 0 Å². The Kier molecular flexibility index (Phi) is 8.45. The van der Waals surface area contributed by atoms with Crippen LogP contribution in [0.5, 0.6) is 0 Å². The van der Waals surface area contributed by atoms with Crippen LogP contribution >= 0.6 is 0 Å². The highest BCUT2D eigenvalue weighted by atomic mass is 16.3. The number of pyridine rings is 1. The maximum Gasteiger partial charge on any atom is 0.227 e. The van der Waals surface area contributed by atoms with E-state index in [2.05, 4.69) is 29.2 Å². The second-order valence-corrected chi connectivity index (χ2v) is 12.5. The minimum absolute atomic E-state index is 0.0255. The van der Waals surface area contributed by atoms with Crippen LogP contribution in [0.1, 0.15) is 41.6 Å². The fourth-order valence-corrected chi connectivity index (χ4v) is 7.60. The van der Waals surface area contributed by atoms with Crippen LogP contribution in [0.4, 0.5) is 5.69 Å². The molecule has 3 aliphatic carbocycles. The van der Waals surface area contributed by atoms with Crippen molar-refractivity contribution in [3.63, 3.8) is 0 Å². The molecule has 1 saturated carbocycles. The standard InChI is InChI=1S/C42H28N6O2/c1-25(49)28-7-10-32(11-8-28)48-24-39-35-14-13-33(37(39)16-26(20-43)21-44)38(17-27(22-45)23-46)41(35)31-5-2-4-29(18-31)30-9-12-34-36-6-3-15-47-42(36)50-40(34)19-30/h2-12,15-19,24,33,35,38,41H,13-14H2,1H3/b48-24+. The summed E-state index contributed by atoms with van der Waals surface area (Å²) in [5, 5.41) is 41.0. The number of allylic oxidation sites excluding steroid dienone is 6. The van der Waals surface area contributed by atoms with Gasteiger partial charge in [-0.3, -0.25) is 9.79 Å². The van der Waals surface area contributed by atoms with E-state index in [4.69, 9.17) is 9.41 Å². The fraction of sp³-hybridized carbons (Fsp3) is 0.167. The zero-order chi connectivity index (χ0) is 34.8. The van der Waals surface area contributed by atoms with Gasteiger partial charge in [-0.1, -0.05) is 36.4 Å². The van der Waals surface area contributed by atoms with Crippen molar-refractivity contribution in [1.82, 2.24) is 4.98 Å². The van der Waals surface area contributed by atoms with Crippen molar-refractivity contribution in [2.45, 2.75) is 25.7 Å². The summed E-state index contributed by atoms with van der Waals surface area (Å²) in [5.41, 5.74) is 7.31. The lowest BCUT2D eigenvalue weighted by Gasteiger charge is -2.49. The molecule has 5 aromatic rings. The first kappa shape index (κ1) is 31.7. The van der Waals surface area contributed by atoms with Crippen LogP contribution in [-0.2, 0) is 0 Å². The van der Waals surface area contributed by atoms with Gasteiger partial charge in [-0.25, -0.2) is 4.98 Å². The molecule has 0 aliphatic heterocycles. The lowest BCUT2D eigenvalue weighted by atomic mass is 9.54. The van der Waals surface area contributed by atoms with Crippen LogP contribution in [0, 0.1) is 63.1 Å². The topological polar surface area (TPSA) is 151 Å². The Morgan fingerprint density at radius 3 is 2.30 bits per heavy atom. The maximum atomic E-state index is 11.8. The number of carbonyl (C=O) groups excluding carboxylic acids is 1. The number of benzene rings is 3. The third-order valence-corrected chi connectivity index (χ3v) is 9.86. The number of hydrogen-bond donors (Lipinski definition) is 0. The molecule has 2 aromatic heterocycles. The molecular weight excluding hydrogens is 621 g/mol. The lowest BCUT2D eigenvalue weighted by Crippen LogP contribution is -2.40. The molecule has 4 atom stereocenters. The number of ketones is 1. The van der Waals surface area contributed by atoms with Gasteiger partial charge < -0.3 is 4.42 Å². The first-order chi connectivity index (χ1) is 24.4. The third kappa shape index (κ3) is 5.77. The van der Waals surface area contributed by atoms with Gasteiger partial charge >= 0.3 is 0 Å². The second-order valence-electron chi connectivity index (χ2n) is 12.5. The fourth-order valence-electron chi connectivity index (χ4n) is 7.60. The van der Waals surface area contributed by atoms with Crippen LogP contribution in [0.25, 0.3) is 33.2 Å². The SMILES string of the molecule is CC(=O)c1ccc(/N=C/C2=C(C=C(C#N)C#N)C3CCC2C(c2cccc(-c4ccc5c(c4)oc4ncccc45)c2)C3C=C(C#N)C#N)cc1. The minimum atomic E-state index is -0.251. The molecule has 0 N–H and O–H groups in total. The van der Waals surface area contributed by atoms with Crippen molar-refractivity contribution in [3.8, 4) is 35.4 Å². The quantitative estimate of drug-likeness (QED) is 0.0969. The number of aromatic nitrogens is 1. The Morgan fingerprint density at radius 2 is 1.56 bits per heavy atom. The van der Waals surface area contributed by atoms with Crippen LogP contribution in [0.15, 0.2) is 129 Å². The molecule has 50 heavy (non-hydrogen) atoms. The molecule has 8 heteroatoms. The van der Waals surface area contributed by atoms with Crippen molar-refractivity contribution < 1.29 is 9.21 Å². The number of nitrogens with zero attached hydrogens (tertiary/aromatic N) is 6. The molecule has 1 fully saturated rings. The van der Waals surface area contributed by atoms with E-state index in [1.807, 2.05) is 60.8 Å². The van der Waals surface area contributed by atoms with E-state index in [0.717, 1.165) is 57.0 Å². The third-order valence-electron chi connectivity index (χ3n) is 9.86. The van der Waals surface area contributed by atoms with Gasteiger partial charge in [-0.2, -0.15) is 21.0 Å². The van der Waals surface area contributed by atoms with Crippen LogP contribution in [0.2, 0.25) is 0 Å². The summed E-state index contributed by atoms with van der Waals surface area (Å²) in [6, 6.07) is 33.5. The van der Waals surface area contributed by atoms with E-state index >= 15 is 0 Å². The van der Waals surface area contributed by atoms with Crippen LogP contribution in [-0.4, -0.2) is 17.0 Å². The molecule has 0 spiro atoms. The number of aliphatic imine (C=N–C) groups is 1. The Bertz CT molecular complexity index is 2460. The summed E-state index contributed by atoms with van der Waals surface area (Å²) >= 11 is 0. The number of hydrogen-bond acceptors (Lipinski definition) is 8. The van der Waals surface area contributed by atoms with Gasteiger partial charge in [0.15, 0.2) is 5.78 Å². The predicted octanol–water partition coefficient (Wildman–Crippen LogP) is 9.24. The highest BCUT2D eigenvalue weighted by Gasteiger charge is 2.47. The normalized spacial score (nSPS) is 19.4. The molecule has 8 nitrogen and oxygen atoms in total. The van der Waals surface area contributed by atoms with Crippen LogP contribution in [0.3, 0.4) is 0 Å². The molecule has 0 radical (unpaired) electrons. The highest BCUT2D eigenvalue weighted by molar-refractivity contribution is 6.04. The summed E-state index contributed by atoms with van der Waals surface area (Å²) < 4.78 is 6.08. The minimum Gasteiger partial charge on any atom is -0.438 e. The van der Waals surface area contributed by atoms with Crippen molar-refractivity contribution >= 4 is 39.8 Å². The van der Waals surface area contributed by atoms with E-state index in [-0.39, 0.29) is 40.6 Å². The lowest BCUT2D eigenvalue weighted by molar-refractivity contribution is 0.101. The Labute approximate surface area is 288 Å². The van der Waals surface area contributed by atoms with Crippen molar-refractivity contribution in [1.29, 1.82) is 21.0 Å². The number of carbonyl (C=O) groups is 1. The molecule has 0 saturated heterocycles. The number of rotatable bonds is 7. The van der Waals surface area contributed by atoms with E-state index in [9.17, 15) is 25.8 Å². The summed E-state index contributed by atoms with van der Waals surface area (Å²) in [7, 11) is 0. The molecular formula is C42H28N6O2. The Morgan fingerprint density at radius 1 is 0.820 bits per heavy atom. The van der Waals surface area contributed by atoms with Gasteiger partial charge in [0.2, 0.25) is 5.71 Å². The molecule has 3 aromatic carbocycles. The number of fused-ring (bicyclic) bond motifs is 5. The summed E-state index contributed by atoms with van der Waals surface area (Å²) in [5.74, 6) is -0.685. The average molecular weight is 649 g/mol. The van der Waals surface area contributed by atoms with Crippen molar-refractivity contribution in [2.75, 3.05) is 0 Å². The number of furan rings is 1. The van der Waals surface area contributed by atoms with Gasteiger partial charge in [-0.05, 0) is 126 Å². The number of Topliss-reactive ketones (excluding diaryl/α,β-unsaturated/α-hetero) is 1. The van der Waals surface area contributed by atoms with E-state index in [1.54, 1.807) is 42.6 Å². The first-order valence-corrected chi connectivity index (χ1v) is 16.2. The van der Waals surface area contributed by atoms with Crippen molar-refractivity contribution in [2.24, 2.45) is 22.7 Å². The smallest absolute Gasteiger partial charge is 0.227 e. The van der Waals surface area contributed by atoms with Gasteiger partial charge in [0.05, 0.1) is 5.69 Å². The molecule has 2 bridgehead atoms. The molecule has 3 aliphatic rings. The Hall–Kier alpha value is -6.87. The number of nitriles is 4. The first-order valence-electron chi connectivity index (χ1n) is 16.2. The largest absolute Gasteiger partial charge is 0.438 e. The maximum absolute atomic E-state index is 11.8.